The molecule has 6 aromatic rings. The first kappa shape index (κ1) is 48.0. The molecule has 0 N–H and O–H groups in total. The molecule has 0 aliphatic carbocycles. The van der Waals surface area contributed by atoms with E-state index in [1.165, 1.54) is 31.8 Å². The Bertz CT molecular complexity index is 1530. The second-order valence-corrected chi connectivity index (χ2v) is 16.2. The standard InChI is InChI=1S/2C18H15P.C5H9N.CF3.BF4.Pt/c2*1-4-10-16(11-5-1)19(17-12-6-2-7-13-17)18-14-8-3-9-15-18;1-5(2,3)4-6;2-1(3)4;2-1(3,4)5;/h2*1-15H;1-3H3;;;/q;;;2*-1;+2. The number of nitrogens with zero attached hydrogens (tertiary/aromatic N) is 1. The van der Waals surface area contributed by atoms with Crippen LogP contribution >= 0.6 is 15.8 Å². The van der Waals surface area contributed by atoms with Crippen LogP contribution < -0.4 is 31.8 Å². The smallest absolute Gasteiger partial charge is 0.418 e. The van der Waals surface area contributed by atoms with Crippen molar-refractivity contribution in [2.75, 3.05) is 0 Å². The molecule has 0 aromatic heterocycles. The molecule has 0 atom stereocenters. The molecule has 6 aromatic carbocycles. The normalized spacial score (nSPS) is 10.4. The van der Waals surface area contributed by atoms with Crippen LogP contribution in [0.3, 0.4) is 0 Å². The topological polar surface area (TPSA) is 23.8 Å². The van der Waals surface area contributed by atoms with Crippen LogP contribution in [0.25, 0.3) is 0 Å². The van der Waals surface area contributed by atoms with Gasteiger partial charge in [-0.3, -0.25) is 0 Å². The summed E-state index contributed by atoms with van der Waals surface area (Å²) in [6.45, 7) is 2.56. The summed E-state index contributed by atoms with van der Waals surface area (Å²) in [4.78, 5) is 0. The molecule has 0 aliphatic heterocycles. The maximum absolute atomic E-state index is 9.75. The molecule has 0 spiro atoms. The van der Waals surface area contributed by atoms with Gasteiger partial charge in [-0.2, -0.15) is 5.26 Å². The summed E-state index contributed by atoms with van der Waals surface area (Å²) < 4.78 is 67.8. The number of benzene rings is 6. The number of hydrogen-bond acceptors (Lipinski definition) is 1. The second kappa shape index (κ2) is 25.9. The molecule has 0 aliphatic rings. The summed E-state index contributed by atoms with van der Waals surface area (Å²) >= 11 is 0. The Morgan fingerprint density at radius 3 is 0.630 bits per heavy atom. The van der Waals surface area contributed by atoms with Crippen LogP contribution in [0.4, 0.5) is 30.4 Å². The Labute approximate surface area is 331 Å². The molecule has 0 saturated carbocycles. The maximum atomic E-state index is 9.75. The van der Waals surface area contributed by atoms with E-state index in [-0.39, 0.29) is 26.5 Å². The zero-order valence-electron chi connectivity index (χ0n) is 29.7. The summed E-state index contributed by atoms with van der Waals surface area (Å²) in [5.41, 5.74) is -0.153. The van der Waals surface area contributed by atoms with Gasteiger partial charge in [-0.25, -0.2) is 0 Å². The second-order valence-electron chi connectivity index (χ2n) is 11.8. The molecular formula is C42H39BF7NP2Pt. The van der Waals surface area contributed by atoms with Crippen molar-refractivity contribution in [1.29, 1.82) is 5.26 Å². The summed E-state index contributed by atoms with van der Waals surface area (Å²) in [6.07, 6.45) is 0. The van der Waals surface area contributed by atoms with E-state index in [9.17, 15) is 30.4 Å². The summed E-state index contributed by atoms with van der Waals surface area (Å²) in [7, 11) is -6.89. The monoisotopic (exact) mass is 958 g/mol. The van der Waals surface area contributed by atoms with Gasteiger partial charge in [0.2, 0.25) is 0 Å². The van der Waals surface area contributed by atoms with Gasteiger partial charge < -0.3 is 30.4 Å². The number of halogens is 7. The minimum Gasteiger partial charge on any atom is -0.418 e. The number of hydrogen-bond donors (Lipinski definition) is 0. The van der Waals surface area contributed by atoms with Crippen molar-refractivity contribution in [3.63, 3.8) is 0 Å². The molecule has 12 heteroatoms. The molecule has 0 fully saturated rings. The van der Waals surface area contributed by atoms with Crippen LogP contribution in [0.5, 0.6) is 0 Å². The largest absolute Gasteiger partial charge is 2.00 e. The van der Waals surface area contributed by atoms with Crippen molar-refractivity contribution in [2.45, 2.75) is 20.8 Å². The predicted octanol–water partition coefficient (Wildman–Crippen LogP) is 11.1. The molecule has 6 rings (SSSR count). The van der Waals surface area contributed by atoms with Gasteiger partial charge in [0.05, 0.1) is 6.07 Å². The van der Waals surface area contributed by atoms with Gasteiger partial charge in [0, 0.05) is 5.41 Å². The molecule has 0 radical (unpaired) electrons. The summed E-state index contributed by atoms with van der Waals surface area (Å²) in [5.74, 6) is 0. The van der Waals surface area contributed by atoms with E-state index in [1.807, 2.05) is 20.8 Å². The van der Waals surface area contributed by atoms with Gasteiger partial charge in [0.25, 0.3) is 0 Å². The average molecular weight is 959 g/mol. The first-order valence-corrected chi connectivity index (χ1v) is 18.9. The molecule has 54 heavy (non-hydrogen) atoms. The zero-order chi connectivity index (χ0) is 39.1. The van der Waals surface area contributed by atoms with Gasteiger partial charge in [0.1, 0.15) is 0 Å². The summed E-state index contributed by atoms with van der Waals surface area (Å²) in [6, 6.07) is 66.8. The fourth-order valence-electron chi connectivity index (χ4n) is 4.36. The Morgan fingerprint density at radius 2 is 0.537 bits per heavy atom. The van der Waals surface area contributed by atoms with Crippen molar-refractivity contribution in [1.82, 2.24) is 0 Å². The Morgan fingerprint density at radius 1 is 0.426 bits per heavy atom. The Hall–Kier alpha value is -4.07. The molecule has 0 unspecified atom stereocenters. The maximum Gasteiger partial charge on any atom is 2.00 e. The molecule has 0 bridgehead atoms. The van der Waals surface area contributed by atoms with Crippen LogP contribution in [0.15, 0.2) is 182 Å². The third kappa shape index (κ3) is 21.0. The van der Waals surface area contributed by atoms with Crippen LogP contribution in [-0.2, 0) is 21.1 Å². The van der Waals surface area contributed by atoms with E-state index in [1.54, 1.807) is 0 Å². The van der Waals surface area contributed by atoms with Crippen LogP contribution in [0.2, 0.25) is 0 Å². The number of rotatable bonds is 6. The van der Waals surface area contributed by atoms with Crippen molar-refractivity contribution in [3.8, 4) is 6.07 Å². The number of nitriles is 1. The van der Waals surface area contributed by atoms with Gasteiger partial charge >= 0.3 is 28.3 Å². The molecule has 284 valence electrons. The zero-order valence-corrected chi connectivity index (χ0v) is 33.8. The summed E-state index contributed by atoms with van der Waals surface area (Å²) in [5, 5.41) is 16.5. The quantitative estimate of drug-likeness (QED) is 0.0706. The first-order chi connectivity index (χ1) is 25.2. The molecule has 1 nitrogen and oxygen atoms in total. The molecular weight excluding hydrogens is 919 g/mol. The first-order valence-electron chi connectivity index (χ1n) is 16.2. The van der Waals surface area contributed by atoms with Crippen LogP contribution in [0.1, 0.15) is 20.8 Å². The molecule has 0 heterocycles. The van der Waals surface area contributed by atoms with Crippen molar-refractivity contribution >= 4 is 54.9 Å². The van der Waals surface area contributed by atoms with E-state index in [0.717, 1.165) is 0 Å². The Kier molecular flexibility index (Phi) is 23.0. The average Bonchev–Trinajstić information content (AvgIpc) is 3.14. The third-order valence-corrected chi connectivity index (χ3v) is 11.3. The fourth-order valence-corrected chi connectivity index (χ4v) is 8.97. The third-order valence-electron chi connectivity index (χ3n) is 6.42. The van der Waals surface area contributed by atoms with Crippen LogP contribution in [-0.4, -0.2) is 7.25 Å². The van der Waals surface area contributed by atoms with Gasteiger partial charge in [-0.1, -0.05) is 182 Å². The minimum absolute atomic E-state index is 0. The minimum atomic E-state index is -6.00. The molecule has 0 saturated heterocycles. The molecule has 0 amide bonds. The van der Waals surface area contributed by atoms with E-state index < -0.39 is 29.8 Å². The van der Waals surface area contributed by atoms with Crippen molar-refractivity contribution in [3.05, 3.63) is 189 Å². The van der Waals surface area contributed by atoms with E-state index in [0.29, 0.717) is 0 Å². The van der Waals surface area contributed by atoms with Gasteiger partial charge in [-0.05, 0) is 68.4 Å². The van der Waals surface area contributed by atoms with E-state index >= 15 is 0 Å². The van der Waals surface area contributed by atoms with Crippen molar-refractivity contribution in [2.24, 2.45) is 5.41 Å². The van der Waals surface area contributed by atoms with Gasteiger partial charge in [0.15, 0.2) is 6.68 Å². The van der Waals surface area contributed by atoms with E-state index in [2.05, 4.69) is 188 Å². The predicted molar refractivity (Wildman–Crippen MR) is 212 cm³/mol. The Balaban J connectivity index is 0.000000390. The fraction of sp³-hybridized carbons (Fsp3) is 0.0952. The van der Waals surface area contributed by atoms with Gasteiger partial charge in [-0.15, -0.1) is 0 Å². The SMILES string of the molecule is CC(C)(C)C#N.F[B-](F)(F)F.F[C-](F)F.[Pt+2].c1ccc(P(c2ccccc2)c2ccccc2)cc1.c1ccc(P(c2ccccc2)c2ccccc2)cc1. The van der Waals surface area contributed by atoms with Crippen molar-refractivity contribution < 1.29 is 51.5 Å². The van der Waals surface area contributed by atoms with E-state index in [4.69, 9.17) is 5.26 Å². The van der Waals surface area contributed by atoms with Crippen LogP contribution in [0, 0.1) is 23.4 Å².